The number of carbonyl (C=O) groups excluding carboxylic acids is 2. The highest BCUT2D eigenvalue weighted by Crippen LogP contribution is 2.29. The standard InChI is InChI=1S/C19H21ClN2O3S/c1-11-17(12(2)23)26-19(22(11)10-13-5-4-6-13)21-18(24)15-9-14(20)7-8-16(15)25-3/h7-9,13H,4-6,10H2,1-3H3. The van der Waals surface area contributed by atoms with E-state index in [1.807, 2.05) is 11.5 Å². The highest BCUT2D eigenvalue weighted by Gasteiger charge is 2.22. The van der Waals surface area contributed by atoms with Crippen LogP contribution in [0.1, 0.15) is 51.9 Å². The number of aromatic nitrogens is 1. The van der Waals surface area contributed by atoms with Crippen molar-refractivity contribution in [2.45, 2.75) is 39.7 Å². The molecule has 0 N–H and O–H groups in total. The third-order valence-corrected chi connectivity index (χ3v) is 6.25. The van der Waals surface area contributed by atoms with E-state index in [1.165, 1.54) is 44.6 Å². The Balaban J connectivity index is 2.06. The molecule has 0 unspecified atom stereocenters. The van der Waals surface area contributed by atoms with Crippen LogP contribution < -0.4 is 9.54 Å². The number of methoxy groups -OCH3 is 1. The number of amides is 1. The minimum Gasteiger partial charge on any atom is -0.496 e. The van der Waals surface area contributed by atoms with Crippen molar-refractivity contribution in [3.05, 3.63) is 44.2 Å². The lowest BCUT2D eigenvalue weighted by Gasteiger charge is -2.26. The van der Waals surface area contributed by atoms with Gasteiger partial charge in [-0.15, -0.1) is 0 Å². The first-order valence-corrected chi connectivity index (χ1v) is 9.74. The molecule has 1 saturated carbocycles. The number of nitrogens with zero attached hydrogens (tertiary/aromatic N) is 2. The van der Waals surface area contributed by atoms with Crippen molar-refractivity contribution in [3.63, 3.8) is 0 Å². The Labute approximate surface area is 161 Å². The molecule has 1 amide bonds. The van der Waals surface area contributed by atoms with E-state index in [9.17, 15) is 9.59 Å². The Hall–Kier alpha value is -1.92. The molecule has 3 rings (SSSR count). The maximum atomic E-state index is 12.8. The van der Waals surface area contributed by atoms with Crippen LogP contribution in [0.15, 0.2) is 23.2 Å². The predicted molar refractivity (Wildman–Crippen MR) is 102 cm³/mol. The van der Waals surface area contributed by atoms with E-state index in [4.69, 9.17) is 16.3 Å². The topological polar surface area (TPSA) is 60.7 Å². The molecule has 1 heterocycles. The van der Waals surface area contributed by atoms with Gasteiger partial charge in [0, 0.05) is 24.2 Å². The van der Waals surface area contributed by atoms with Crippen LogP contribution in [0.3, 0.4) is 0 Å². The molecule has 1 aromatic heterocycles. The minimum atomic E-state index is -0.428. The largest absolute Gasteiger partial charge is 0.496 e. The first-order chi connectivity index (χ1) is 12.4. The molecule has 0 saturated heterocycles. The van der Waals surface area contributed by atoms with Crippen molar-refractivity contribution >= 4 is 34.6 Å². The Kier molecular flexibility index (Phi) is 5.63. The van der Waals surface area contributed by atoms with Gasteiger partial charge in [-0.3, -0.25) is 9.59 Å². The van der Waals surface area contributed by atoms with Crippen LogP contribution in [-0.2, 0) is 6.54 Å². The molecular formula is C19H21ClN2O3S. The lowest BCUT2D eigenvalue weighted by atomic mass is 9.85. The quantitative estimate of drug-likeness (QED) is 0.714. The summed E-state index contributed by atoms with van der Waals surface area (Å²) in [6.07, 6.45) is 3.58. The van der Waals surface area contributed by atoms with E-state index in [-0.39, 0.29) is 5.78 Å². The van der Waals surface area contributed by atoms with Gasteiger partial charge in [0.15, 0.2) is 10.6 Å². The van der Waals surface area contributed by atoms with Gasteiger partial charge in [0.1, 0.15) is 5.75 Å². The van der Waals surface area contributed by atoms with Crippen LogP contribution in [0, 0.1) is 12.8 Å². The minimum absolute atomic E-state index is 0.0101. The molecule has 1 fully saturated rings. The number of thiazole rings is 1. The van der Waals surface area contributed by atoms with Gasteiger partial charge in [-0.1, -0.05) is 29.4 Å². The van der Waals surface area contributed by atoms with Gasteiger partial charge in [-0.2, -0.15) is 4.99 Å². The van der Waals surface area contributed by atoms with Gasteiger partial charge >= 0.3 is 0 Å². The number of benzene rings is 1. The molecular weight excluding hydrogens is 372 g/mol. The van der Waals surface area contributed by atoms with Crippen LogP contribution >= 0.6 is 22.9 Å². The number of halogens is 1. The lowest BCUT2D eigenvalue weighted by molar-refractivity contribution is 0.0992. The van der Waals surface area contributed by atoms with E-state index in [0.717, 1.165) is 12.2 Å². The van der Waals surface area contributed by atoms with Gasteiger partial charge < -0.3 is 9.30 Å². The Bertz CT molecular complexity index is 925. The molecule has 1 aliphatic rings. The fraction of sp³-hybridized carbons (Fsp3) is 0.421. The molecule has 0 aliphatic heterocycles. The fourth-order valence-corrected chi connectivity index (χ4v) is 4.25. The van der Waals surface area contributed by atoms with Gasteiger partial charge in [0.05, 0.1) is 17.6 Å². The zero-order valence-electron chi connectivity index (χ0n) is 15.0. The van der Waals surface area contributed by atoms with Crippen molar-refractivity contribution in [1.29, 1.82) is 0 Å². The average molecular weight is 393 g/mol. The molecule has 1 aliphatic carbocycles. The van der Waals surface area contributed by atoms with Gasteiger partial charge in [0.25, 0.3) is 5.91 Å². The van der Waals surface area contributed by atoms with E-state index in [1.54, 1.807) is 18.2 Å². The number of ether oxygens (including phenoxy) is 1. The van der Waals surface area contributed by atoms with Crippen molar-refractivity contribution in [1.82, 2.24) is 4.57 Å². The second kappa shape index (κ2) is 7.76. The van der Waals surface area contributed by atoms with Crippen molar-refractivity contribution in [3.8, 4) is 5.75 Å². The van der Waals surface area contributed by atoms with E-state index in [0.29, 0.717) is 31.9 Å². The number of hydrogen-bond donors (Lipinski definition) is 0. The monoisotopic (exact) mass is 392 g/mol. The summed E-state index contributed by atoms with van der Waals surface area (Å²) in [4.78, 5) is 30.2. The first kappa shape index (κ1) is 18.9. The molecule has 1 aromatic carbocycles. The molecule has 2 aromatic rings. The normalized spacial score (nSPS) is 15.0. The van der Waals surface area contributed by atoms with Gasteiger partial charge in [-0.25, -0.2) is 0 Å². The number of Topliss-reactive ketones (excluding diaryl/α,β-unsaturated/α-hetero) is 1. The molecule has 0 radical (unpaired) electrons. The summed E-state index contributed by atoms with van der Waals surface area (Å²) in [5, 5.41) is 0.443. The molecule has 0 atom stereocenters. The number of hydrogen-bond acceptors (Lipinski definition) is 4. The lowest BCUT2D eigenvalue weighted by Crippen LogP contribution is -2.26. The summed E-state index contributed by atoms with van der Waals surface area (Å²) in [5.74, 6) is 0.568. The van der Waals surface area contributed by atoms with Crippen LogP contribution in [0.5, 0.6) is 5.75 Å². The van der Waals surface area contributed by atoms with Gasteiger partial charge in [0.2, 0.25) is 0 Å². The maximum Gasteiger partial charge on any atom is 0.283 e. The average Bonchev–Trinajstić information content (AvgIpc) is 2.87. The maximum absolute atomic E-state index is 12.8. The first-order valence-electron chi connectivity index (χ1n) is 8.54. The number of ketones is 1. The second-order valence-corrected chi connectivity index (χ2v) is 7.94. The van der Waals surface area contributed by atoms with Crippen LogP contribution in [-0.4, -0.2) is 23.4 Å². The summed E-state index contributed by atoms with van der Waals surface area (Å²) in [6, 6.07) is 4.86. The highest BCUT2D eigenvalue weighted by molar-refractivity contribution is 7.11. The van der Waals surface area contributed by atoms with Crippen molar-refractivity contribution in [2.75, 3.05) is 7.11 Å². The molecule has 0 bridgehead atoms. The van der Waals surface area contributed by atoms with Crippen LogP contribution in [0.2, 0.25) is 5.02 Å². The van der Waals surface area contributed by atoms with Crippen molar-refractivity contribution < 1.29 is 14.3 Å². The van der Waals surface area contributed by atoms with E-state index >= 15 is 0 Å². The summed E-state index contributed by atoms with van der Waals surface area (Å²) in [5.41, 5.74) is 1.18. The molecule has 5 nitrogen and oxygen atoms in total. The number of carbonyl (C=O) groups is 2. The Morgan fingerprint density at radius 3 is 2.69 bits per heavy atom. The van der Waals surface area contributed by atoms with Crippen LogP contribution in [0.4, 0.5) is 0 Å². The molecule has 0 spiro atoms. The summed E-state index contributed by atoms with van der Waals surface area (Å²) in [7, 11) is 1.50. The Morgan fingerprint density at radius 1 is 1.38 bits per heavy atom. The summed E-state index contributed by atoms with van der Waals surface area (Å²) < 4.78 is 7.25. The smallest absolute Gasteiger partial charge is 0.283 e. The highest BCUT2D eigenvalue weighted by atomic mass is 35.5. The third kappa shape index (κ3) is 3.76. The summed E-state index contributed by atoms with van der Waals surface area (Å²) in [6.45, 7) is 4.24. The molecule has 26 heavy (non-hydrogen) atoms. The molecule has 138 valence electrons. The fourth-order valence-electron chi connectivity index (χ4n) is 3.04. The Morgan fingerprint density at radius 2 is 2.12 bits per heavy atom. The SMILES string of the molecule is COc1ccc(Cl)cc1C(=O)N=c1sc(C(C)=O)c(C)n1CC1CCC1. The van der Waals surface area contributed by atoms with Crippen LogP contribution in [0.25, 0.3) is 0 Å². The van der Waals surface area contributed by atoms with Crippen molar-refractivity contribution in [2.24, 2.45) is 10.9 Å². The van der Waals surface area contributed by atoms with E-state index < -0.39 is 5.91 Å². The van der Waals surface area contributed by atoms with E-state index in [2.05, 4.69) is 4.99 Å². The zero-order chi connectivity index (χ0) is 18.8. The molecule has 7 heteroatoms. The number of rotatable bonds is 5. The predicted octanol–water partition coefficient (Wildman–Crippen LogP) is 4.26. The second-order valence-electron chi connectivity index (χ2n) is 6.52. The third-order valence-electron chi connectivity index (χ3n) is 4.73. The summed E-state index contributed by atoms with van der Waals surface area (Å²) >= 11 is 7.29. The zero-order valence-corrected chi connectivity index (χ0v) is 16.6. The van der Waals surface area contributed by atoms with Gasteiger partial charge in [-0.05, 0) is 43.9 Å².